The van der Waals surface area contributed by atoms with Crippen molar-refractivity contribution in [3.8, 4) is 5.75 Å². The predicted molar refractivity (Wildman–Crippen MR) is 94.2 cm³/mol. The summed E-state index contributed by atoms with van der Waals surface area (Å²) in [7, 11) is 1.91. The van der Waals surface area contributed by atoms with Crippen LogP contribution in [-0.4, -0.2) is 28.6 Å². The van der Waals surface area contributed by atoms with E-state index in [0.717, 1.165) is 24.2 Å². The van der Waals surface area contributed by atoms with Crippen molar-refractivity contribution >= 4 is 11.6 Å². The smallest absolute Gasteiger partial charge is 0.406 e. The third kappa shape index (κ3) is 5.68. The van der Waals surface area contributed by atoms with Crippen LogP contribution in [0.1, 0.15) is 23.4 Å². The summed E-state index contributed by atoms with van der Waals surface area (Å²) in [5.41, 5.74) is 9.70. The lowest BCUT2D eigenvalue weighted by Gasteiger charge is -2.10. The summed E-state index contributed by atoms with van der Waals surface area (Å²) in [6, 6.07) is 5.28. The number of ether oxygens (including phenoxy) is 1. The number of hydrogen-bond acceptors (Lipinski definition) is 3. The molecule has 3 N–H and O–H groups in total. The zero-order valence-electron chi connectivity index (χ0n) is 14.9. The molecule has 0 atom stereocenters. The van der Waals surface area contributed by atoms with E-state index in [1.807, 2.05) is 25.6 Å². The highest BCUT2D eigenvalue weighted by Crippen LogP contribution is 2.23. The van der Waals surface area contributed by atoms with E-state index < -0.39 is 6.36 Å². The molecule has 0 saturated carbocycles. The minimum absolute atomic E-state index is 0.203. The number of benzene rings is 1. The number of nitrogens with two attached hydrogens (primary N) is 1. The molecule has 0 bridgehead atoms. The van der Waals surface area contributed by atoms with Gasteiger partial charge in [0.1, 0.15) is 5.75 Å². The normalized spacial score (nSPS) is 12.3. The number of rotatable bonds is 6. The van der Waals surface area contributed by atoms with Gasteiger partial charge < -0.3 is 15.8 Å². The number of halogens is 3. The minimum Gasteiger partial charge on any atom is -0.406 e. The van der Waals surface area contributed by atoms with E-state index >= 15 is 0 Å². The molecular formula is C17H22F3N5O. The highest BCUT2D eigenvalue weighted by molar-refractivity contribution is 5.92. The SMILES string of the molecule is Cc1nn(C)c(C)c1CCCN=C(N)Nc1ccc(OC(F)(F)F)cc1. The highest BCUT2D eigenvalue weighted by atomic mass is 19.4. The Labute approximate surface area is 149 Å². The molecule has 2 rings (SSSR count). The molecule has 0 aliphatic heterocycles. The van der Waals surface area contributed by atoms with Gasteiger partial charge >= 0.3 is 6.36 Å². The van der Waals surface area contributed by atoms with Crippen LogP contribution in [0.2, 0.25) is 0 Å². The molecule has 142 valence electrons. The molecule has 0 radical (unpaired) electrons. The van der Waals surface area contributed by atoms with E-state index in [9.17, 15) is 13.2 Å². The van der Waals surface area contributed by atoms with Gasteiger partial charge in [-0.05, 0) is 56.5 Å². The zero-order chi connectivity index (χ0) is 19.3. The lowest BCUT2D eigenvalue weighted by Crippen LogP contribution is -2.23. The standard InChI is InChI=1S/C17H22F3N5O/c1-11-15(12(2)25(3)24-11)5-4-10-22-16(21)23-13-6-8-14(9-7-13)26-17(18,19)20/h6-9H,4-5,10H2,1-3H3,(H3,21,22,23). The second-order valence-corrected chi connectivity index (χ2v) is 5.84. The van der Waals surface area contributed by atoms with Crippen molar-refractivity contribution in [3.63, 3.8) is 0 Å². The van der Waals surface area contributed by atoms with Crippen molar-refractivity contribution in [2.75, 3.05) is 11.9 Å². The van der Waals surface area contributed by atoms with Crippen molar-refractivity contribution in [3.05, 3.63) is 41.2 Å². The largest absolute Gasteiger partial charge is 0.573 e. The molecule has 9 heteroatoms. The van der Waals surface area contributed by atoms with Crippen LogP contribution in [0.25, 0.3) is 0 Å². The molecule has 2 aromatic rings. The van der Waals surface area contributed by atoms with E-state index in [1.54, 1.807) is 0 Å². The summed E-state index contributed by atoms with van der Waals surface area (Å²) in [6.07, 6.45) is -3.04. The number of alkyl halides is 3. The molecule has 0 saturated heterocycles. The average Bonchev–Trinajstić information content (AvgIpc) is 2.78. The Bertz CT molecular complexity index is 766. The maximum Gasteiger partial charge on any atom is 0.573 e. The third-order valence-corrected chi connectivity index (χ3v) is 3.89. The van der Waals surface area contributed by atoms with Crippen LogP contribution in [0.3, 0.4) is 0 Å². The Hall–Kier alpha value is -2.71. The predicted octanol–water partition coefficient (Wildman–Crippen LogP) is 3.29. The summed E-state index contributed by atoms with van der Waals surface area (Å²) in [4.78, 5) is 4.23. The maximum atomic E-state index is 12.1. The molecule has 0 aliphatic rings. The van der Waals surface area contributed by atoms with Crippen LogP contribution in [-0.2, 0) is 13.5 Å². The van der Waals surface area contributed by atoms with Gasteiger partial charge in [-0.3, -0.25) is 9.67 Å². The van der Waals surface area contributed by atoms with Crippen molar-refractivity contribution < 1.29 is 17.9 Å². The Morgan fingerprint density at radius 2 is 1.92 bits per heavy atom. The zero-order valence-corrected chi connectivity index (χ0v) is 14.9. The van der Waals surface area contributed by atoms with Crippen LogP contribution in [0.4, 0.5) is 18.9 Å². The van der Waals surface area contributed by atoms with Crippen LogP contribution in [0, 0.1) is 13.8 Å². The maximum absolute atomic E-state index is 12.1. The molecule has 1 heterocycles. The highest BCUT2D eigenvalue weighted by Gasteiger charge is 2.30. The molecule has 0 unspecified atom stereocenters. The molecule has 0 spiro atoms. The van der Waals surface area contributed by atoms with Crippen molar-refractivity contribution in [1.82, 2.24) is 9.78 Å². The number of aromatic nitrogens is 2. The van der Waals surface area contributed by atoms with Crippen LogP contribution < -0.4 is 15.8 Å². The number of nitrogens with zero attached hydrogens (tertiary/aromatic N) is 3. The Kier molecular flexibility index (Phi) is 6.12. The van der Waals surface area contributed by atoms with Gasteiger partial charge in [0.15, 0.2) is 5.96 Å². The van der Waals surface area contributed by atoms with Gasteiger partial charge in [-0.2, -0.15) is 5.10 Å². The Morgan fingerprint density at radius 1 is 1.27 bits per heavy atom. The number of anilines is 1. The van der Waals surface area contributed by atoms with Gasteiger partial charge in [0.05, 0.1) is 5.69 Å². The van der Waals surface area contributed by atoms with E-state index in [1.165, 1.54) is 29.8 Å². The van der Waals surface area contributed by atoms with Crippen molar-refractivity contribution in [1.29, 1.82) is 0 Å². The topological polar surface area (TPSA) is 77.5 Å². The van der Waals surface area contributed by atoms with Gasteiger partial charge in [0, 0.05) is 25.0 Å². The molecule has 1 aromatic carbocycles. The number of hydrogen-bond donors (Lipinski definition) is 2. The lowest BCUT2D eigenvalue weighted by molar-refractivity contribution is -0.274. The van der Waals surface area contributed by atoms with Crippen LogP contribution in [0.15, 0.2) is 29.3 Å². The summed E-state index contributed by atoms with van der Waals surface area (Å²) < 4.78 is 42.0. The first-order valence-corrected chi connectivity index (χ1v) is 8.07. The fourth-order valence-corrected chi connectivity index (χ4v) is 2.56. The first-order valence-electron chi connectivity index (χ1n) is 8.07. The lowest BCUT2D eigenvalue weighted by atomic mass is 10.1. The fraction of sp³-hybridized carbons (Fsp3) is 0.412. The molecule has 26 heavy (non-hydrogen) atoms. The fourth-order valence-electron chi connectivity index (χ4n) is 2.56. The first kappa shape index (κ1) is 19.6. The van der Waals surface area contributed by atoms with E-state index in [2.05, 4.69) is 20.1 Å². The summed E-state index contributed by atoms with van der Waals surface area (Å²) in [5.74, 6) is -0.0881. The van der Waals surface area contributed by atoms with Gasteiger partial charge in [0.25, 0.3) is 0 Å². The number of guanidine groups is 1. The number of aryl methyl sites for hydroxylation is 2. The number of nitrogens with one attached hydrogen (secondary N) is 1. The van der Waals surface area contributed by atoms with Crippen molar-refractivity contribution in [2.24, 2.45) is 17.8 Å². The minimum atomic E-state index is -4.71. The van der Waals surface area contributed by atoms with Gasteiger partial charge in [-0.25, -0.2) is 0 Å². The quantitative estimate of drug-likeness (QED) is 0.465. The summed E-state index contributed by atoms with van der Waals surface area (Å²) in [6.45, 7) is 4.54. The second-order valence-electron chi connectivity index (χ2n) is 5.84. The average molecular weight is 369 g/mol. The van der Waals surface area contributed by atoms with E-state index in [-0.39, 0.29) is 11.7 Å². The third-order valence-electron chi connectivity index (χ3n) is 3.89. The molecule has 6 nitrogen and oxygen atoms in total. The monoisotopic (exact) mass is 369 g/mol. The molecule has 0 amide bonds. The summed E-state index contributed by atoms with van der Waals surface area (Å²) in [5, 5.41) is 7.20. The molecule has 1 aromatic heterocycles. The Balaban J connectivity index is 1.82. The van der Waals surface area contributed by atoms with Crippen LogP contribution in [0.5, 0.6) is 5.75 Å². The number of aliphatic imine (C=N–C) groups is 1. The Morgan fingerprint density at radius 3 is 2.46 bits per heavy atom. The molecular weight excluding hydrogens is 347 g/mol. The molecule has 0 fully saturated rings. The summed E-state index contributed by atoms with van der Waals surface area (Å²) >= 11 is 0. The van der Waals surface area contributed by atoms with E-state index in [0.29, 0.717) is 12.2 Å². The van der Waals surface area contributed by atoms with Crippen LogP contribution >= 0.6 is 0 Å². The van der Waals surface area contributed by atoms with Gasteiger partial charge in [0.2, 0.25) is 0 Å². The second kappa shape index (κ2) is 8.11. The molecule has 0 aliphatic carbocycles. The van der Waals surface area contributed by atoms with Crippen molar-refractivity contribution in [2.45, 2.75) is 33.1 Å². The van der Waals surface area contributed by atoms with Gasteiger partial charge in [-0.1, -0.05) is 0 Å². The van der Waals surface area contributed by atoms with E-state index in [4.69, 9.17) is 5.73 Å². The van der Waals surface area contributed by atoms with Gasteiger partial charge in [-0.15, -0.1) is 13.2 Å². The first-order chi connectivity index (χ1) is 12.2.